The van der Waals surface area contributed by atoms with Gasteiger partial charge >= 0.3 is 0 Å². The molecule has 0 spiro atoms. The fourth-order valence-corrected chi connectivity index (χ4v) is 4.17. The van der Waals surface area contributed by atoms with Gasteiger partial charge in [0.05, 0.1) is 28.1 Å². The van der Waals surface area contributed by atoms with Crippen LogP contribution in [0.3, 0.4) is 0 Å². The maximum absolute atomic E-state index is 10.6. The number of rotatable bonds is 12. The fourth-order valence-electron chi connectivity index (χ4n) is 3.99. The van der Waals surface area contributed by atoms with Gasteiger partial charge in [-0.05, 0) is 62.8 Å². The quantitative estimate of drug-likeness (QED) is 0.325. The molecule has 174 valence electrons. The molecule has 1 atom stereocenters. The highest BCUT2D eigenvalue weighted by atomic mass is 35.5. The van der Waals surface area contributed by atoms with Gasteiger partial charge in [-0.1, -0.05) is 48.0 Å². The number of para-hydroxylation sites is 2. The summed E-state index contributed by atoms with van der Waals surface area (Å²) in [4.78, 5) is 2.34. The molecule has 1 fully saturated rings. The zero-order valence-electron chi connectivity index (χ0n) is 19.2. The first-order valence-electron chi connectivity index (χ1n) is 11.6. The number of allylic oxidation sites excluding steroid dienone is 1. The summed E-state index contributed by atoms with van der Waals surface area (Å²) in [7, 11) is 0. The predicted molar refractivity (Wildman–Crippen MR) is 133 cm³/mol. The highest BCUT2D eigenvalue weighted by Crippen LogP contribution is 2.36. The molecular weight excluding hydrogens is 434 g/mol. The maximum atomic E-state index is 10.6. The number of hydrogen-bond acceptors (Lipinski definition) is 4. The van der Waals surface area contributed by atoms with Crippen LogP contribution in [0.1, 0.15) is 36.9 Å². The Morgan fingerprint density at radius 2 is 1.94 bits per heavy atom. The van der Waals surface area contributed by atoms with E-state index in [2.05, 4.69) is 11.5 Å². The molecule has 0 amide bonds. The second kappa shape index (κ2) is 11.0. The molecule has 1 aromatic heterocycles. The molecule has 4 rings (SSSR count). The van der Waals surface area contributed by atoms with E-state index in [4.69, 9.17) is 21.4 Å². The molecular formula is C27H32ClN3O2. The van der Waals surface area contributed by atoms with Crippen molar-refractivity contribution in [1.82, 2.24) is 14.7 Å². The summed E-state index contributed by atoms with van der Waals surface area (Å²) >= 11 is 6.43. The van der Waals surface area contributed by atoms with E-state index in [9.17, 15) is 5.11 Å². The monoisotopic (exact) mass is 465 g/mol. The van der Waals surface area contributed by atoms with Crippen LogP contribution >= 0.6 is 11.6 Å². The topological polar surface area (TPSA) is 50.5 Å². The third kappa shape index (κ3) is 6.26. The predicted octanol–water partition coefficient (Wildman–Crippen LogP) is 6.17. The Bertz CT molecular complexity index is 1060. The molecule has 0 radical (unpaired) electrons. The van der Waals surface area contributed by atoms with Gasteiger partial charge in [0.25, 0.3) is 0 Å². The van der Waals surface area contributed by atoms with E-state index in [0.717, 1.165) is 36.3 Å². The minimum Gasteiger partial charge on any atom is -0.437 e. The van der Waals surface area contributed by atoms with Crippen molar-refractivity contribution in [2.24, 2.45) is 5.92 Å². The van der Waals surface area contributed by atoms with Crippen molar-refractivity contribution < 1.29 is 9.84 Å². The first kappa shape index (κ1) is 23.6. The second-order valence-electron chi connectivity index (χ2n) is 8.81. The minimum absolute atomic E-state index is 0.390. The Morgan fingerprint density at radius 1 is 1.21 bits per heavy atom. The molecule has 1 heterocycles. The number of aliphatic hydroxyl groups excluding tert-OH is 1. The molecule has 1 saturated carbocycles. The average Bonchev–Trinajstić information content (AvgIpc) is 3.58. The van der Waals surface area contributed by atoms with Gasteiger partial charge in [-0.25, -0.2) is 4.68 Å². The molecule has 2 aromatic carbocycles. The zero-order valence-corrected chi connectivity index (χ0v) is 19.9. The Labute approximate surface area is 201 Å². The van der Waals surface area contributed by atoms with Crippen LogP contribution in [-0.2, 0) is 6.54 Å². The van der Waals surface area contributed by atoms with Crippen LogP contribution in [0.2, 0.25) is 5.02 Å². The largest absolute Gasteiger partial charge is 0.437 e. The van der Waals surface area contributed by atoms with E-state index in [1.54, 1.807) is 0 Å². The van der Waals surface area contributed by atoms with Crippen LogP contribution in [0, 0.1) is 12.8 Å². The molecule has 0 bridgehead atoms. The molecule has 0 aliphatic heterocycles. The van der Waals surface area contributed by atoms with E-state index in [-0.39, 0.29) is 6.10 Å². The zero-order chi connectivity index (χ0) is 23.2. The van der Waals surface area contributed by atoms with Gasteiger partial charge in [0, 0.05) is 19.6 Å². The van der Waals surface area contributed by atoms with Crippen molar-refractivity contribution in [3.05, 3.63) is 83.5 Å². The standard InChI is InChI=1S/C27H32ClN3O2/c1-3-4-12-23(32)18-30(17-21-15-16-21)19-24-20(2)29-31(22-10-6-5-7-11-22)27(24)33-26-14-9-8-13-25(26)28/h3,5-11,13-14,21,23,32H,1,4,12,15-19H2,2H3. The van der Waals surface area contributed by atoms with E-state index in [0.29, 0.717) is 35.7 Å². The molecule has 3 aromatic rings. The molecule has 33 heavy (non-hydrogen) atoms. The third-order valence-corrected chi connectivity index (χ3v) is 6.26. The highest BCUT2D eigenvalue weighted by molar-refractivity contribution is 6.32. The summed E-state index contributed by atoms with van der Waals surface area (Å²) in [5.41, 5.74) is 2.84. The number of halogens is 1. The number of hydrogen-bond donors (Lipinski definition) is 1. The molecule has 0 saturated heterocycles. The Morgan fingerprint density at radius 3 is 2.64 bits per heavy atom. The number of aromatic nitrogens is 2. The molecule has 1 aliphatic rings. The van der Waals surface area contributed by atoms with Crippen LogP contribution < -0.4 is 4.74 Å². The summed E-state index contributed by atoms with van der Waals surface area (Å²) in [6.45, 7) is 8.02. The first-order valence-corrected chi connectivity index (χ1v) is 12.0. The van der Waals surface area contributed by atoms with Crippen LogP contribution in [0.15, 0.2) is 67.3 Å². The number of aryl methyl sites for hydroxylation is 1. The molecule has 1 unspecified atom stereocenters. The van der Waals surface area contributed by atoms with Crippen molar-refractivity contribution in [2.75, 3.05) is 13.1 Å². The smallest absolute Gasteiger partial charge is 0.227 e. The minimum atomic E-state index is -0.390. The first-order chi connectivity index (χ1) is 16.0. The number of nitrogens with zero attached hydrogens (tertiary/aromatic N) is 3. The highest BCUT2D eigenvalue weighted by Gasteiger charge is 2.28. The number of aliphatic hydroxyl groups is 1. The summed E-state index contributed by atoms with van der Waals surface area (Å²) in [5, 5.41) is 16.0. The van der Waals surface area contributed by atoms with Crippen molar-refractivity contribution in [1.29, 1.82) is 0 Å². The van der Waals surface area contributed by atoms with Gasteiger partial charge in [0.1, 0.15) is 5.75 Å². The Kier molecular flexibility index (Phi) is 7.86. The Hall–Kier alpha value is -2.60. The van der Waals surface area contributed by atoms with Crippen molar-refractivity contribution >= 4 is 11.6 Å². The van der Waals surface area contributed by atoms with Crippen LogP contribution in [0.4, 0.5) is 0 Å². The van der Waals surface area contributed by atoms with Crippen molar-refractivity contribution in [3.63, 3.8) is 0 Å². The van der Waals surface area contributed by atoms with Crippen LogP contribution in [-0.4, -0.2) is 39.0 Å². The lowest BCUT2D eigenvalue weighted by molar-refractivity contribution is 0.0991. The van der Waals surface area contributed by atoms with E-state index in [1.807, 2.05) is 72.3 Å². The SMILES string of the molecule is C=CCCC(O)CN(Cc1c(C)nn(-c2ccccc2)c1Oc1ccccc1Cl)CC1CC1. The summed E-state index contributed by atoms with van der Waals surface area (Å²) < 4.78 is 8.25. The lowest BCUT2D eigenvalue weighted by atomic mass is 10.1. The third-order valence-electron chi connectivity index (χ3n) is 5.95. The summed E-state index contributed by atoms with van der Waals surface area (Å²) in [5.74, 6) is 1.96. The summed E-state index contributed by atoms with van der Waals surface area (Å²) in [6, 6.07) is 17.5. The number of benzene rings is 2. The molecule has 6 heteroatoms. The molecule has 1 N–H and O–H groups in total. The van der Waals surface area contributed by atoms with Gasteiger partial charge < -0.3 is 9.84 Å². The average molecular weight is 466 g/mol. The summed E-state index contributed by atoms with van der Waals surface area (Å²) in [6.07, 6.45) is 5.51. The van der Waals surface area contributed by atoms with Gasteiger partial charge in [-0.15, -0.1) is 6.58 Å². The van der Waals surface area contributed by atoms with Crippen molar-refractivity contribution in [2.45, 2.75) is 45.3 Å². The van der Waals surface area contributed by atoms with E-state index >= 15 is 0 Å². The second-order valence-corrected chi connectivity index (χ2v) is 9.21. The van der Waals surface area contributed by atoms with Crippen LogP contribution in [0.25, 0.3) is 5.69 Å². The van der Waals surface area contributed by atoms with E-state index in [1.165, 1.54) is 12.8 Å². The molecule has 1 aliphatic carbocycles. The van der Waals surface area contributed by atoms with E-state index < -0.39 is 0 Å². The van der Waals surface area contributed by atoms with Gasteiger partial charge in [-0.2, -0.15) is 5.10 Å². The number of ether oxygens (including phenoxy) is 1. The van der Waals surface area contributed by atoms with Gasteiger partial charge in [0.15, 0.2) is 0 Å². The normalized spacial score (nSPS) is 14.4. The lowest BCUT2D eigenvalue weighted by Gasteiger charge is -2.25. The Balaban J connectivity index is 1.67. The lowest BCUT2D eigenvalue weighted by Crippen LogP contribution is -2.34. The van der Waals surface area contributed by atoms with Gasteiger partial charge in [-0.3, -0.25) is 4.90 Å². The fraction of sp³-hybridized carbons (Fsp3) is 0.370. The molecule has 5 nitrogen and oxygen atoms in total. The van der Waals surface area contributed by atoms with Gasteiger partial charge in [0.2, 0.25) is 5.88 Å². The van der Waals surface area contributed by atoms with Crippen LogP contribution in [0.5, 0.6) is 11.6 Å². The maximum Gasteiger partial charge on any atom is 0.227 e. The van der Waals surface area contributed by atoms with Crippen molar-refractivity contribution in [3.8, 4) is 17.3 Å².